The minimum absolute atomic E-state index is 0.0984. The third kappa shape index (κ3) is 4.58. The molecule has 0 bridgehead atoms. The van der Waals surface area contributed by atoms with Gasteiger partial charge < -0.3 is 16.0 Å². The molecule has 0 unspecified atom stereocenters. The number of rotatable bonds is 4. The van der Waals surface area contributed by atoms with Crippen LogP contribution < -0.4 is 11.1 Å². The first-order valence-corrected chi connectivity index (χ1v) is 5.86. The van der Waals surface area contributed by atoms with Crippen molar-refractivity contribution in [2.75, 3.05) is 33.7 Å². The number of nitrogens with one attached hydrogen (secondary N) is 1. The van der Waals surface area contributed by atoms with Crippen LogP contribution >= 0.6 is 0 Å². The number of likely N-dealkylation sites (N-methyl/N-ethyl adjacent to an activating group) is 1. The number of carbonyl (C=O) groups is 1. The van der Waals surface area contributed by atoms with Gasteiger partial charge >= 0.3 is 0 Å². The number of benzene rings is 1. The largest absolute Gasteiger partial charge is 0.351 e. The second-order valence-electron chi connectivity index (χ2n) is 4.11. The summed E-state index contributed by atoms with van der Waals surface area (Å²) in [5.74, 6) is 5.57. The summed E-state index contributed by atoms with van der Waals surface area (Å²) in [6.45, 7) is 1.71. The Labute approximate surface area is 108 Å². The van der Waals surface area contributed by atoms with Crippen molar-refractivity contribution in [1.82, 2.24) is 10.2 Å². The molecule has 3 N–H and O–H groups in total. The van der Waals surface area contributed by atoms with Crippen molar-refractivity contribution in [2.45, 2.75) is 0 Å². The van der Waals surface area contributed by atoms with E-state index in [-0.39, 0.29) is 12.5 Å². The molecule has 0 aliphatic rings. The van der Waals surface area contributed by atoms with Gasteiger partial charge in [0.2, 0.25) is 0 Å². The molecule has 0 aromatic heterocycles. The molecule has 0 spiro atoms. The molecule has 0 heterocycles. The summed E-state index contributed by atoms with van der Waals surface area (Å²) in [5, 5.41) is 2.87. The molecule has 0 saturated carbocycles. The fraction of sp³-hybridized carbons (Fsp3) is 0.357. The van der Waals surface area contributed by atoms with E-state index in [4.69, 9.17) is 5.73 Å². The van der Waals surface area contributed by atoms with Gasteiger partial charge in [-0.3, -0.25) is 4.79 Å². The summed E-state index contributed by atoms with van der Waals surface area (Å²) in [6.07, 6.45) is 0. The Morgan fingerprint density at radius 1 is 1.39 bits per heavy atom. The SMILES string of the molecule is CN(C)CCNC(=O)c1ccccc1C#CCN. The van der Waals surface area contributed by atoms with Gasteiger partial charge in [-0.15, -0.1) is 0 Å². The zero-order valence-corrected chi connectivity index (χ0v) is 10.9. The molecule has 0 fully saturated rings. The molecule has 0 radical (unpaired) electrons. The van der Waals surface area contributed by atoms with Crippen molar-refractivity contribution in [1.29, 1.82) is 0 Å². The van der Waals surface area contributed by atoms with Gasteiger partial charge in [0.05, 0.1) is 12.1 Å². The fourth-order valence-corrected chi connectivity index (χ4v) is 1.42. The maximum atomic E-state index is 12.0. The second kappa shape index (κ2) is 7.49. The molecule has 0 aliphatic heterocycles. The zero-order chi connectivity index (χ0) is 13.4. The van der Waals surface area contributed by atoms with Crippen molar-refractivity contribution in [2.24, 2.45) is 5.73 Å². The van der Waals surface area contributed by atoms with Crippen LogP contribution in [0.4, 0.5) is 0 Å². The highest BCUT2D eigenvalue weighted by Gasteiger charge is 2.08. The number of hydrogen-bond acceptors (Lipinski definition) is 3. The van der Waals surface area contributed by atoms with Crippen LogP contribution in [0.2, 0.25) is 0 Å². The van der Waals surface area contributed by atoms with E-state index in [1.165, 1.54) is 0 Å². The van der Waals surface area contributed by atoms with Gasteiger partial charge in [0.1, 0.15) is 0 Å². The molecule has 4 heteroatoms. The van der Waals surface area contributed by atoms with Crippen molar-refractivity contribution in [3.05, 3.63) is 35.4 Å². The molecule has 1 aromatic rings. The minimum Gasteiger partial charge on any atom is -0.351 e. The summed E-state index contributed by atoms with van der Waals surface area (Å²) in [4.78, 5) is 14.0. The lowest BCUT2D eigenvalue weighted by Gasteiger charge is -2.11. The van der Waals surface area contributed by atoms with Gasteiger partial charge in [0, 0.05) is 18.7 Å². The highest BCUT2D eigenvalue weighted by Crippen LogP contribution is 2.06. The quantitative estimate of drug-likeness (QED) is 0.750. The highest BCUT2D eigenvalue weighted by atomic mass is 16.1. The lowest BCUT2D eigenvalue weighted by molar-refractivity contribution is 0.0951. The second-order valence-corrected chi connectivity index (χ2v) is 4.11. The minimum atomic E-state index is -0.0984. The van der Waals surface area contributed by atoms with Crippen molar-refractivity contribution < 1.29 is 4.79 Å². The molecule has 18 heavy (non-hydrogen) atoms. The molecule has 1 aromatic carbocycles. The van der Waals surface area contributed by atoms with Gasteiger partial charge in [-0.1, -0.05) is 24.0 Å². The summed E-state index contributed by atoms with van der Waals surface area (Å²) in [5.41, 5.74) is 6.64. The van der Waals surface area contributed by atoms with Crippen molar-refractivity contribution >= 4 is 5.91 Å². The van der Waals surface area contributed by atoms with E-state index in [0.717, 1.165) is 6.54 Å². The van der Waals surface area contributed by atoms with Crippen LogP contribution in [0.5, 0.6) is 0 Å². The van der Waals surface area contributed by atoms with Gasteiger partial charge in [0.25, 0.3) is 5.91 Å². The fourth-order valence-electron chi connectivity index (χ4n) is 1.42. The van der Waals surface area contributed by atoms with E-state index >= 15 is 0 Å². The third-order valence-corrected chi connectivity index (χ3v) is 2.34. The zero-order valence-electron chi connectivity index (χ0n) is 10.9. The van der Waals surface area contributed by atoms with Crippen molar-refractivity contribution in [3.8, 4) is 11.8 Å². The van der Waals surface area contributed by atoms with Crippen LogP contribution in [0, 0.1) is 11.8 Å². The predicted octanol–water partition coefficient (Wildman–Crippen LogP) is 0.288. The normalized spacial score (nSPS) is 9.78. The van der Waals surface area contributed by atoms with E-state index in [9.17, 15) is 4.79 Å². The molecule has 0 aliphatic carbocycles. The van der Waals surface area contributed by atoms with E-state index in [1.807, 2.05) is 37.2 Å². The van der Waals surface area contributed by atoms with Crippen LogP contribution in [0.1, 0.15) is 15.9 Å². The van der Waals surface area contributed by atoms with E-state index in [0.29, 0.717) is 17.7 Å². The molecule has 4 nitrogen and oxygen atoms in total. The Balaban J connectivity index is 2.73. The number of nitrogens with zero attached hydrogens (tertiary/aromatic N) is 1. The number of carbonyl (C=O) groups excluding carboxylic acids is 1. The maximum Gasteiger partial charge on any atom is 0.252 e. The van der Waals surface area contributed by atoms with Crippen molar-refractivity contribution in [3.63, 3.8) is 0 Å². The summed E-state index contributed by atoms with van der Waals surface area (Å²) >= 11 is 0. The Bertz CT molecular complexity index is 458. The van der Waals surface area contributed by atoms with Gasteiger partial charge in [-0.2, -0.15) is 0 Å². The van der Waals surface area contributed by atoms with Crippen LogP contribution in [-0.2, 0) is 0 Å². The maximum absolute atomic E-state index is 12.0. The first-order chi connectivity index (χ1) is 8.65. The Kier molecular flexibility index (Phi) is 5.92. The number of hydrogen-bond donors (Lipinski definition) is 2. The van der Waals surface area contributed by atoms with Gasteiger partial charge in [-0.05, 0) is 26.2 Å². The first kappa shape index (κ1) is 14.2. The number of nitrogens with two attached hydrogens (primary N) is 1. The van der Waals surface area contributed by atoms with Gasteiger partial charge in [0.15, 0.2) is 0 Å². The number of amides is 1. The summed E-state index contributed by atoms with van der Waals surface area (Å²) < 4.78 is 0. The smallest absolute Gasteiger partial charge is 0.252 e. The van der Waals surface area contributed by atoms with E-state index in [2.05, 4.69) is 17.2 Å². The predicted molar refractivity (Wildman–Crippen MR) is 73.3 cm³/mol. The first-order valence-electron chi connectivity index (χ1n) is 5.86. The van der Waals surface area contributed by atoms with Crippen LogP contribution in [-0.4, -0.2) is 44.5 Å². The topological polar surface area (TPSA) is 58.4 Å². The standard InChI is InChI=1S/C14H19N3O/c1-17(2)11-10-16-14(18)13-8-4-3-6-12(13)7-5-9-15/h3-4,6,8H,9-11,15H2,1-2H3,(H,16,18). The van der Waals surface area contributed by atoms with E-state index < -0.39 is 0 Å². The van der Waals surface area contributed by atoms with Gasteiger partial charge in [-0.25, -0.2) is 0 Å². The molecule has 1 amide bonds. The molecule has 0 atom stereocenters. The average Bonchev–Trinajstić information content (AvgIpc) is 2.36. The third-order valence-electron chi connectivity index (χ3n) is 2.34. The average molecular weight is 245 g/mol. The lowest BCUT2D eigenvalue weighted by Crippen LogP contribution is -2.31. The monoisotopic (exact) mass is 245 g/mol. The summed E-state index contributed by atoms with van der Waals surface area (Å²) in [6, 6.07) is 7.28. The van der Waals surface area contributed by atoms with Crippen LogP contribution in [0.25, 0.3) is 0 Å². The molecular weight excluding hydrogens is 226 g/mol. The molecule has 96 valence electrons. The van der Waals surface area contributed by atoms with Crippen LogP contribution in [0.15, 0.2) is 24.3 Å². The Morgan fingerprint density at radius 3 is 2.78 bits per heavy atom. The molecule has 1 rings (SSSR count). The lowest BCUT2D eigenvalue weighted by atomic mass is 10.1. The Morgan fingerprint density at radius 2 is 2.11 bits per heavy atom. The Hall–Kier alpha value is -1.83. The highest BCUT2D eigenvalue weighted by molar-refractivity contribution is 5.96. The molecular formula is C14H19N3O. The molecule has 0 saturated heterocycles. The summed E-state index contributed by atoms with van der Waals surface area (Å²) in [7, 11) is 3.93. The van der Waals surface area contributed by atoms with E-state index in [1.54, 1.807) is 6.07 Å². The van der Waals surface area contributed by atoms with Crippen LogP contribution in [0.3, 0.4) is 0 Å².